The second-order valence-electron chi connectivity index (χ2n) is 1.67. The van der Waals surface area contributed by atoms with Crippen LogP contribution in [0.25, 0.3) is 0 Å². The van der Waals surface area contributed by atoms with E-state index in [1.54, 1.807) is 0 Å². The maximum Gasteiger partial charge on any atom is 0.0167 e. The van der Waals surface area contributed by atoms with E-state index in [9.17, 15) is 0 Å². The fourth-order valence-corrected chi connectivity index (χ4v) is 3.29. The van der Waals surface area contributed by atoms with Gasteiger partial charge in [0.15, 0.2) is 0 Å². The molecule has 0 radical (unpaired) electrons. The molecule has 0 unspecified atom stereocenters. The zero-order valence-corrected chi connectivity index (χ0v) is 6.50. The Morgan fingerprint density at radius 2 is 1.33 bits per heavy atom. The van der Waals surface area contributed by atoms with Crippen molar-refractivity contribution in [3.05, 3.63) is 0 Å². The van der Waals surface area contributed by atoms with Gasteiger partial charge in [-0.05, 0) is 12.8 Å². The molecule has 0 N–H and O–H groups in total. The largest absolute Gasteiger partial charge is 0.0890 e. The highest BCUT2D eigenvalue weighted by Gasteiger charge is 2.23. The number of hydrogen-bond acceptors (Lipinski definition) is 0. The Morgan fingerprint density at radius 1 is 1.00 bits per heavy atom. The van der Waals surface area contributed by atoms with Crippen LogP contribution in [0, 0.1) is 0 Å². The molecule has 0 bridgehead atoms. The Bertz CT molecular complexity index is 41.5. The van der Waals surface area contributed by atoms with E-state index in [0.717, 1.165) is 9.65 Å². The Morgan fingerprint density at radius 3 is 1.33 bits per heavy atom. The van der Waals surface area contributed by atoms with Gasteiger partial charge in [0.05, 0.1) is 0 Å². The van der Waals surface area contributed by atoms with Gasteiger partial charge in [-0.3, -0.25) is 0 Å². The van der Waals surface area contributed by atoms with E-state index < -0.39 is 0 Å². The van der Waals surface area contributed by atoms with Crippen molar-refractivity contribution < 1.29 is 0 Å². The van der Waals surface area contributed by atoms with E-state index in [-0.39, 0.29) is 0 Å². The lowest BCUT2D eigenvalue weighted by atomic mass is 10.0. The Hall–Kier alpha value is 0.960. The molecule has 0 spiro atoms. The van der Waals surface area contributed by atoms with Crippen molar-refractivity contribution in [1.82, 2.24) is 0 Å². The Labute approximate surface area is 54.6 Å². The summed E-state index contributed by atoms with van der Waals surface area (Å²) in [6.07, 6.45) is 2.61. The van der Waals surface area contributed by atoms with Gasteiger partial charge in [-0.25, -0.2) is 0 Å². The van der Waals surface area contributed by atoms with E-state index in [1.165, 1.54) is 12.8 Å². The molecule has 1 fully saturated rings. The fraction of sp³-hybridized carbons (Fsp3) is 1.00. The maximum atomic E-state index is 3.47. The van der Waals surface area contributed by atoms with E-state index in [2.05, 4.69) is 31.9 Å². The van der Waals surface area contributed by atoms with Gasteiger partial charge in [0.25, 0.3) is 0 Å². The van der Waals surface area contributed by atoms with E-state index in [4.69, 9.17) is 0 Å². The summed E-state index contributed by atoms with van der Waals surface area (Å²) in [6, 6.07) is 0. The number of rotatable bonds is 0. The first-order valence-corrected chi connectivity index (χ1v) is 3.90. The standard InChI is InChI=1S/C4H6Br2/c5-3-1-4(6)2-3/h3-4H,1-2H2. The minimum absolute atomic E-state index is 0.807. The average molecular weight is 214 g/mol. The lowest BCUT2D eigenvalue weighted by Gasteiger charge is -2.25. The van der Waals surface area contributed by atoms with E-state index >= 15 is 0 Å². The third-order valence-electron chi connectivity index (χ3n) is 1.02. The minimum atomic E-state index is 0.807. The van der Waals surface area contributed by atoms with Crippen LogP contribution < -0.4 is 0 Å². The molecule has 0 aromatic heterocycles. The maximum absolute atomic E-state index is 3.47. The van der Waals surface area contributed by atoms with Crippen LogP contribution in [0.2, 0.25) is 0 Å². The summed E-state index contributed by atoms with van der Waals surface area (Å²) >= 11 is 6.94. The quantitative estimate of drug-likeness (QED) is 0.542. The van der Waals surface area contributed by atoms with Crippen LogP contribution >= 0.6 is 31.9 Å². The summed E-state index contributed by atoms with van der Waals surface area (Å²) < 4.78 is 0. The molecule has 0 atom stereocenters. The lowest BCUT2D eigenvalue weighted by molar-refractivity contribution is 0.558. The first-order valence-electron chi connectivity index (χ1n) is 2.07. The zero-order chi connectivity index (χ0) is 4.57. The lowest BCUT2D eigenvalue weighted by Crippen LogP contribution is -2.22. The first kappa shape index (κ1) is 5.10. The van der Waals surface area contributed by atoms with Crippen LogP contribution in [0.3, 0.4) is 0 Å². The molecule has 1 saturated carbocycles. The smallest absolute Gasteiger partial charge is 0.0167 e. The van der Waals surface area contributed by atoms with Crippen molar-refractivity contribution in [3.63, 3.8) is 0 Å². The minimum Gasteiger partial charge on any atom is -0.0890 e. The SMILES string of the molecule is BrC1CC(Br)C1. The van der Waals surface area contributed by atoms with Gasteiger partial charge in [0.1, 0.15) is 0 Å². The van der Waals surface area contributed by atoms with Crippen molar-refractivity contribution in [3.8, 4) is 0 Å². The average Bonchev–Trinajstić information content (AvgIpc) is 1.33. The van der Waals surface area contributed by atoms with Gasteiger partial charge in [0.2, 0.25) is 0 Å². The molecule has 0 amide bonds. The first-order chi connectivity index (χ1) is 2.79. The van der Waals surface area contributed by atoms with Crippen LogP contribution in [0.15, 0.2) is 0 Å². The summed E-state index contributed by atoms with van der Waals surface area (Å²) in [7, 11) is 0. The molecule has 0 aromatic rings. The summed E-state index contributed by atoms with van der Waals surface area (Å²) in [4.78, 5) is 1.61. The molecule has 0 nitrogen and oxygen atoms in total. The molecule has 1 aliphatic rings. The van der Waals surface area contributed by atoms with E-state index in [0.29, 0.717) is 0 Å². The highest BCUT2D eigenvalue weighted by molar-refractivity contribution is 9.10. The van der Waals surface area contributed by atoms with Crippen LogP contribution in [0.1, 0.15) is 12.8 Å². The van der Waals surface area contributed by atoms with Crippen molar-refractivity contribution >= 4 is 31.9 Å². The van der Waals surface area contributed by atoms with Crippen LogP contribution in [-0.4, -0.2) is 9.65 Å². The van der Waals surface area contributed by atoms with Gasteiger partial charge in [-0.15, -0.1) is 0 Å². The molecule has 1 aliphatic carbocycles. The van der Waals surface area contributed by atoms with Gasteiger partial charge in [-0.2, -0.15) is 0 Å². The third kappa shape index (κ3) is 0.969. The van der Waals surface area contributed by atoms with Crippen molar-refractivity contribution in [1.29, 1.82) is 0 Å². The number of alkyl halides is 2. The van der Waals surface area contributed by atoms with Crippen molar-refractivity contribution in [2.75, 3.05) is 0 Å². The van der Waals surface area contributed by atoms with Crippen molar-refractivity contribution in [2.24, 2.45) is 0 Å². The van der Waals surface area contributed by atoms with Gasteiger partial charge in [0, 0.05) is 9.65 Å². The molecule has 0 aliphatic heterocycles. The normalized spacial score (nSPS) is 45.0. The monoisotopic (exact) mass is 212 g/mol. The summed E-state index contributed by atoms with van der Waals surface area (Å²) in [5.74, 6) is 0. The number of hydrogen-bond donors (Lipinski definition) is 0. The summed E-state index contributed by atoms with van der Waals surface area (Å²) in [6.45, 7) is 0. The summed E-state index contributed by atoms with van der Waals surface area (Å²) in [5.41, 5.74) is 0. The van der Waals surface area contributed by atoms with Crippen LogP contribution in [0.4, 0.5) is 0 Å². The highest BCUT2D eigenvalue weighted by Crippen LogP contribution is 2.32. The molecular formula is C4H6Br2. The van der Waals surface area contributed by atoms with Gasteiger partial charge >= 0.3 is 0 Å². The predicted molar refractivity (Wildman–Crippen MR) is 34.7 cm³/mol. The highest BCUT2D eigenvalue weighted by atomic mass is 79.9. The van der Waals surface area contributed by atoms with Gasteiger partial charge < -0.3 is 0 Å². The molecule has 2 heteroatoms. The molecular weight excluding hydrogens is 208 g/mol. The molecule has 36 valence electrons. The van der Waals surface area contributed by atoms with Crippen LogP contribution in [-0.2, 0) is 0 Å². The van der Waals surface area contributed by atoms with E-state index in [1.807, 2.05) is 0 Å². The van der Waals surface area contributed by atoms with Crippen molar-refractivity contribution in [2.45, 2.75) is 22.5 Å². The molecule has 0 aromatic carbocycles. The third-order valence-corrected chi connectivity index (χ3v) is 2.52. The topological polar surface area (TPSA) is 0 Å². The second-order valence-corrected chi connectivity index (χ2v) is 4.26. The summed E-state index contributed by atoms with van der Waals surface area (Å²) in [5, 5.41) is 0. The van der Waals surface area contributed by atoms with Crippen LogP contribution in [0.5, 0.6) is 0 Å². The van der Waals surface area contributed by atoms with Gasteiger partial charge in [-0.1, -0.05) is 31.9 Å². The Balaban J connectivity index is 2.11. The predicted octanol–water partition coefficient (Wildman–Crippen LogP) is 2.31. The zero-order valence-electron chi connectivity index (χ0n) is 3.32. The Kier molecular flexibility index (Phi) is 1.55. The fourth-order valence-electron chi connectivity index (χ4n) is 0.486. The molecule has 0 heterocycles. The molecule has 1 rings (SSSR count). The molecule has 0 saturated heterocycles. The number of halogens is 2. The molecule has 6 heavy (non-hydrogen) atoms. The second kappa shape index (κ2) is 1.83.